The largest absolute Gasteiger partial charge is 0.437 e. The molecule has 2 N–H and O–H groups in total. The highest BCUT2D eigenvalue weighted by atomic mass is 16.5. The van der Waals surface area contributed by atoms with Gasteiger partial charge < -0.3 is 10.5 Å². The SMILES string of the molecule is Cc1cnc(Oc2ccc3c(c2)CCCC3)c(N)c1. The van der Waals surface area contributed by atoms with E-state index in [1.165, 1.54) is 30.4 Å². The molecule has 1 aromatic carbocycles. The average Bonchev–Trinajstić information content (AvgIpc) is 2.42. The minimum atomic E-state index is 0.487. The Morgan fingerprint density at radius 3 is 2.68 bits per heavy atom. The van der Waals surface area contributed by atoms with Crippen molar-refractivity contribution in [3.63, 3.8) is 0 Å². The van der Waals surface area contributed by atoms with E-state index in [1.807, 2.05) is 19.1 Å². The maximum absolute atomic E-state index is 5.92. The minimum Gasteiger partial charge on any atom is -0.437 e. The molecule has 1 aromatic heterocycles. The highest BCUT2D eigenvalue weighted by Gasteiger charge is 2.11. The molecular weight excluding hydrogens is 236 g/mol. The Bertz CT molecular complexity index is 608. The lowest BCUT2D eigenvalue weighted by Crippen LogP contribution is -2.03. The number of pyridine rings is 1. The number of nitrogens with zero attached hydrogens (tertiary/aromatic N) is 1. The molecule has 1 aliphatic rings. The maximum atomic E-state index is 5.92. The molecule has 0 saturated heterocycles. The third kappa shape index (κ3) is 2.55. The summed E-state index contributed by atoms with van der Waals surface area (Å²) in [7, 11) is 0. The molecule has 0 spiro atoms. The zero-order chi connectivity index (χ0) is 13.2. The van der Waals surface area contributed by atoms with Gasteiger partial charge in [-0.05, 0) is 67.5 Å². The van der Waals surface area contributed by atoms with Gasteiger partial charge in [0.05, 0.1) is 5.69 Å². The van der Waals surface area contributed by atoms with Crippen LogP contribution in [0, 0.1) is 6.92 Å². The number of ether oxygens (including phenoxy) is 1. The molecule has 19 heavy (non-hydrogen) atoms. The Balaban J connectivity index is 1.87. The fraction of sp³-hybridized carbons (Fsp3) is 0.312. The number of fused-ring (bicyclic) bond motifs is 1. The van der Waals surface area contributed by atoms with Crippen molar-refractivity contribution < 1.29 is 4.74 Å². The van der Waals surface area contributed by atoms with Crippen molar-refractivity contribution in [2.24, 2.45) is 0 Å². The van der Waals surface area contributed by atoms with Crippen molar-refractivity contribution in [3.05, 3.63) is 47.2 Å². The molecule has 3 heteroatoms. The Hall–Kier alpha value is -2.03. The van der Waals surface area contributed by atoms with Crippen molar-refractivity contribution in [1.82, 2.24) is 4.98 Å². The quantitative estimate of drug-likeness (QED) is 0.890. The number of nitrogens with two attached hydrogens (primary N) is 1. The summed E-state index contributed by atoms with van der Waals surface area (Å²) in [5.41, 5.74) is 10.4. The monoisotopic (exact) mass is 254 g/mol. The zero-order valence-corrected chi connectivity index (χ0v) is 11.1. The number of hydrogen-bond acceptors (Lipinski definition) is 3. The topological polar surface area (TPSA) is 48.1 Å². The van der Waals surface area contributed by atoms with Crippen LogP contribution in [0.2, 0.25) is 0 Å². The molecule has 1 aliphatic carbocycles. The molecule has 0 bridgehead atoms. The lowest BCUT2D eigenvalue weighted by Gasteiger charge is -2.16. The first-order valence-corrected chi connectivity index (χ1v) is 6.74. The van der Waals surface area contributed by atoms with Gasteiger partial charge in [-0.25, -0.2) is 4.98 Å². The van der Waals surface area contributed by atoms with Gasteiger partial charge in [0, 0.05) is 6.20 Å². The third-order valence-corrected chi connectivity index (χ3v) is 3.55. The Labute approximate surface area is 113 Å². The van der Waals surface area contributed by atoms with Gasteiger partial charge in [0.2, 0.25) is 5.88 Å². The van der Waals surface area contributed by atoms with E-state index in [-0.39, 0.29) is 0 Å². The number of anilines is 1. The minimum absolute atomic E-state index is 0.487. The summed E-state index contributed by atoms with van der Waals surface area (Å²) >= 11 is 0. The molecule has 3 nitrogen and oxygen atoms in total. The van der Waals surface area contributed by atoms with E-state index >= 15 is 0 Å². The number of aryl methyl sites for hydroxylation is 3. The second-order valence-electron chi connectivity index (χ2n) is 5.15. The summed E-state index contributed by atoms with van der Waals surface area (Å²) in [6, 6.07) is 8.16. The number of aromatic nitrogens is 1. The Morgan fingerprint density at radius 2 is 1.89 bits per heavy atom. The number of benzene rings is 1. The van der Waals surface area contributed by atoms with Gasteiger partial charge in [-0.2, -0.15) is 0 Å². The van der Waals surface area contributed by atoms with E-state index in [2.05, 4.69) is 17.1 Å². The zero-order valence-electron chi connectivity index (χ0n) is 11.1. The lowest BCUT2D eigenvalue weighted by atomic mass is 9.92. The van der Waals surface area contributed by atoms with Crippen LogP contribution in [0.4, 0.5) is 5.69 Å². The van der Waals surface area contributed by atoms with Crippen LogP contribution in [0.1, 0.15) is 29.5 Å². The van der Waals surface area contributed by atoms with Crippen LogP contribution < -0.4 is 10.5 Å². The predicted octanol–water partition coefficient (Wildman–Crippen LogP) is 3.64. The van der Waals surface area contributed by atoms with Crippen molar-refractivity contribution in [1.29, 1.82) is 0 Å². The summed E-state index contributed by atoms with van der Waals surface area (Å²) in [4.78, 5) is 4.24. The van der Waals surface area contributed by atoms with E-state index < -0.39 is 0 Å². The van der Waals surface area contributed by atoms with Crippen LogP contribution in [0.5, 0.6) is 11.6 Å². The molecule has 0 atom stereocenters. The molecule has 0 unspecified atom stereocenters. The highest BCUT2D eigenvalue weighted by Crippen LogP contribution is 2.29. The fourth-order valence-electron chi connectivity index (χ4n) is 2.55. The Kier molecular flexibility index (Phi) is 3.11. The van der Waals surface area contributed by atoms with Crippen LogP contribution in [-0.4, -0.2) is 4.98 Å². The molecular formula is C16H18N2O. The molecule has 2 aromatic rings. The molecule has 3 rings (SSSR count). The van der Waals surface area contributed by atoms with Gasteiger partial charge in [0.1, 0.15) is 5.75 Å². The average molecular weight is 254 g/mol. The first kappa shape index (κ1) is 12.0. The maximum Gasteiger partial charge on any atom is 0.242 e. The second kappa shape index (κ2) is 4.92. The molecule has 1 heterocycles. The van der Waals surface area contributed by atoms with Gasteiger partial charge in [-0.15, -0.1) is 0 Å². The number of hydrogen-bond donors (Lipinski definition) is 1. The summed E-state index contributed by atoms with van der Waals surface area (Å²) in [5, 5.41) is 0. The van der Waals surface area contributed by atoms with Crippen molar-refractivity contribution in [2.45, 2.75) is 32.6 Å². The molecule has 0 radical (unpaired) electrons. The van der Waals surface area contributed by atoms with Crippen molar-refractivity contribution >= 4 is 5.69 Å². The molecule has 0 fully saturated rings. The van der Waals surface area contributed by atoms with Crippen LogP contribution in [-0.2, 0) is 12.8 Å². The summed E-state index contributed by atoms with van der Waals surface area (Å²) < 4.78 is 5.79. The first-order chi connectivity index (χ1) is 9.22. The molecule has 0 aliphatic heterocycles. The van der Waals surface area contributed by atoms with Crippen molar-refractivity contribution in [2.75, 3.05) is 5.73 Å². The summed E-state index contributed by atoms with van der Waals surface area (Å²) in [6.45, 7) is 1.96. The number of rotatable bonds is 2. The van der Waals surface area contributed by atoms with E-state index in [9.17, 15) is 0 Å². The van der Waals surface area contributed by atoms with E-state index in [0.29, 0.717) is 11.6 Å². The summed E-state index contributed by atoms with van der Waals surface area (Å²) in [5.74, 6) is 1.31. The van der Waals surface area contributed by atoms with Crippen LogP contribution in [0.15, 0.2) is 30.5 Å². The Morgan fingerprint density at radius 1 is 1.11 bits per heavy atom. The molecule has 0 saturated carbocycles. The normalized spacial score (nSPS) is 13.9. The lowest BCUT2D eigenvalue weighted by molar-refractivity contribution is 0.463. The third-order valence-electron chi connectivity index (χ3n) is 3.55. The van der Waals surface area contributed by atoms with Gasteiger partial charge >= 0.3 is 0 Å². The van der Waals surface area contributed by atoms with Crippen LogP contribution >= 0.6 is 0 Å². The van der Waals surface area contributed by atoms with E-state index in [0.717, 1.165) is 17.7 Å². The first-order valence-electron chi connectivity index (χ1n) is 6.74. The molecule has 0 amide bonds. The molecule has 98 valence electrons. The van der Waals surface area contributed by atoms with Crippen LogP contribution in [0.3, 0.4) is 0 Å². The van der Waals surface area contributed by atoms with Crippen LogP contribution in [0.25, 0.3) is 0 Å². The summed E-state index contributed by atoms with van der Waals surface area (Å²) in [6.07, 6.45) is 6.65. The van der Waals surface area contributed by atoms with E-state index in [1.54, 1.807) is 6.20 Å². The standard InChI is InChI=1S/C16H18N2O/c1-11-8-15(17)16(18-10-11)19-14-7-6-12-4-2-3-5-13(12)9-14/h6-10H,2-5,17H2,1H3. The smallest absolute Gasteiger partial charge is 0.242 e. The highest BCUT2D eigenvalue weighted by molar-refractivity contribution is 5.51. The van der Waals surface area contributed by atoms with Gasteiger partial charge in [0.25, 0.3) is 0 Å². The fourth-order valence-corrected chi connectivity index (χ4v) is 2.55. The van der Waals surface area contributed by atoms with Gasteiger partial charge in [-0.3, -0.25) is 0 Å². The van der Waals surface area contributed by atoms with E-state index in [4.69, 9.17) is 10.5 Å². The van der Waals surface area contributed by atoms with Gasteiger partial charge in [0.15, 0.2) is 0 Å². The van der Waals surface area contributed by atoms with Gasteiger partial charge in [-0.1, -0.05) is 6.07 Å². The number of nitrogen functional groups attached to an aromatic ring is 1. The second-order valence-corrected chi connectivity index (χ2v) is 5.15. The predicted molar refractivity (Wildman–Crippen MR) is 76.5 cm³/mol. The van der Waals surface area contributed by atoms with Crippen molar-refractivity contribution in [3.8, 4) is 11.6 Å².